The van der Waals surface area contributed by atoms with Crippen molar-refractivity contribution < 1.29 is 24.2 Å². The lowest BCUT2D eigenvalue weighted by Gasteiger charge is -2.60. The molecule has 1 aromatic heterocycles. The van der Waals surface area contributed by atoms with Crippen LogP contribution in [-0.2, 0) is 20.9 Å². The number of carbonyl (C=O) groups excluding carboxylic acids is 2. The topological polar surface area (TPSA) is 85.7 Å². The standard InChI is InChI=1S/C25H29NO5/c1-15-18-5-3-4-6-19(18)26-20(22(15)23(28)30-2)13-31-21(27)12-24-8-16-7-17(9-24)11-25(29,10-16)14-24/h3-6,16-17,29H,7-14H2,1-2H3/t16-,17+,24?,25?. The number of aryl methyl sites for hydroxylation is 1. The van der Waals surface area contributed by atoms with Gasteiger partial charge in [0.2, 0.25) is 0 Å². The Morgan fingerprint density at radius 1 is 1.16 bits per heavy atom. The number of rotatable bonds is 5. The van der Waals surface area contributed by atoms with Crippen LogP contribution in [0.15, 0.2) is 24.3 Å². The smallest absolute Gasteiger partial charge is 0.340 e. The van der Waals surface area contributed by atoms with Crippen molar-refractivity contribution in [3.8, 4) is 0 Å². The molecule has 1 heterocycles. The van der Waals surface area contributed by atoms with Crippen LogP contribution < -0.4 is 0 Å². The van der Waals surface area contributed by atoms with Gasteiger partial charge in [0.25, 0.3) is 0 Å². The second-order valence-electron chi connectivity index (χ2n) is 10.1. The summed E-state index contributed by atoms with van der Waals surface area (Å²) in [5.41, 5.74) is 1.56. The fourth-order valence-corrected chi connectivity index (χ4v) is 7.03. The SMILES string of the molecule is COC(=O)c1c(COC(=O)CC23C[C@@H]4C[C@@H](CC(O)(C4)C2)C3)nc2ccccc2c1C. The Morgan fingerprint density at radius 3 is 2.55 bits per heavy atom. The Morgan fingerprint density at radius 2 is 1.87 bits per heavy atom. The number of ether oxygens (including phenoxy) is 2. The molecule has 0 saturated heterocycles. The van der Waals surface area contributed by atoms with Crippen LogP contribution in [0.2, 0.25) is 0 Å². The molecule has 2 aromatic rings. The van der Waals surface area contributed by atoms with Crippen molar-refractivity contribution >= 4 is 22.8 Å². The summed E-state index contributed by atoms with van der Waals surface area (Å²) < 4.78 is 10.6. The summed E-state index contributed by atoms with van der Waals surface area (Å²) in [6, 6.07) is 7.58. The Bertz CT molecular complexity index is 1050. The minimum absolute atomic E-state index is 0.0673. The lowest BCUT2D eigenvalue weighted by Crippen LogP contribution is -2.56. The average Bonchev–Trinajstić information content (AvgIpc) is 2.69. The van der Waals surface area contributed by atoms with E-state index in [1.807, 2.05) is 31.2 Å². The van der Waals surface area contributed by atoms with Gasteiger partial charge in [0.1, 0.15) is 6.61 Å². The van der Waals surface area contributed by atoms with Crippen LogP contribution in [0.25, 0.3) is 10.9 Å². The number of hydrogen-bond donors (Lipinski definition) is 1. The molecule has 1 N–H and O–H groups in total. The first-order chi connectivity index (χ1) is 14.8. The summed E-state index contributed by atoms with van der Waals surface area (Å²) in [6.45, 7) is 1.79. The molecule has 0 radical (unpaired) electrons. The van der Waals surface area contributed by atoms with Crippen molar-refractivity contribution in [1.29, 1.82) is 0 Å². The van der Waals surface area contributed by atoms with Crippen LogP contribution in [0.4, 0.5) is 0 Å². The molecule has 6 nitrogen and oxygen atoms in total. The molecular formula is C25H29NO5. The van der Waals surface area contributed by atoms with Crippen molar-refractivity contribution in [2.24, 2.45) is 17.3 Å². The third kappa shape index (κ3) is 3.61. The Hall–Kier alpha value is -2.47. The van der Waals surface area contributed by atoms with Gasteiger partial charge in [-0.3, -0.25) is 4.79 Å². The first-order valence-electron chi connectivity index (χ1n) is 11.1. The van der Waals surface area contributed by atoms with Gasteiger partial charge in [0.05, 0.1) is 35.9 Å². The summed E-state index contributed by atoms with van der Waals surface area (Å²) in [6.07, 6.45) is 5.96. The normalized spacial score (nSPS) is 31.1. The first-order valence-corrected chi connectivity index (χ1v) is 11.1. The molecule has 0 spiro atoms. The average molecular weight is 424 g/mol. The first kappa shape index (κ1) is 20.4. The third-order valence-electron chi connectivity index (χ3n) is 7.66. The van der Waals surface area contributed by atoms with Gasteiger partial charge in [0, 0.05) is 5.39 Å². The Balaban J connectivity index is 1.35. The van der Waals surface area contributed by atoms with E-state index >= 15 is 0 Å². The predicted molar refractivity (Wildman–Crippen MR) is 114 cm³/mol. The molecule has 4 aliphatic rings. The van der Waals surface area contributed by atoms with Gasteiger partial charge in [-0.2, -0.15) is 0 Å². The van der Waals surface area contributed by atoms with E-state index in [4.69, 9.17) is 9.47 Å². The van der Waals surface area contributed by atoms with Gasteiger partial charge in [-0.25, -0.2) is 9.78 Å². The highest BCUT2D eigenvalue weighted by Crippen LogP contribution is 2.62. The molecule has 4 fully saturated rings. The zero-order valence-corrected chi connectivity index (χ0v) is 18.1. The number of pyridine rings is 1. The molecular weight excluding hydrogens is 394 g/mol. The van der Waals surface area contributed by atoms with Crippen LogP contribution in [0.1, 0.15) is 66.6 Å². The van der Waals surface area contributed by atoms with Crippen molar-refractivity contribution in [2.75, 3.05) is 7.11 Å². The number of esters is 2. The molecule has 1 aromatic carbocycles. The monoisotopic (exact) mass is 423 g/mol. The van der Waals surface area contributed by atoms with E-state index in [0.29, 0.717) is 35.9 Å². The number of para-hydroxylation sites is 1. The van der Waals surface area contributed by atoms with E-state index in [-0.39, 0.29) is 18.0 Å². The minimum Gasteiger partial charge on any atom is -0.465 e. The molecule has 164 valence electrons. The number of hydrogen-bond acceptors (Lipinski definition) is 6. The van der Waals surface area contributed by atoms with Crippen LogP contribution in [0.3, 0.4) is 0 Å². The van der Waals surface area contributed by atoms with Gasteiger partial charge in [-0.1, -0.05) is 18.2 Å². The number of methoxy groups -OCH3 is 1. The largest absolute Gasteiger partial charge is 0.465 e. The minimum atomic E-state index is -0.598. The van der Waals surface area contributed by atoms with Gasteiger partial charge >= 0.3 is 11.9 Å². The maximum Gasteiger partial charge on any atom is 0.340 e. The van der Waals surface area contributed by atoms with Crippen molar-refractivity contribution in [2.45, 2.75) is 64.1 Å². The molecule has 4 saturated carbocycles. The van der Waals surface area contributed by atoms with E-state index < -0.39 is 11.6 Å². The lowest BCUT2D eigenvalue weighted by atomic mass is 9.47. The third-order valence-corrected chi connectivity index (χ3v) is 7.66. The van der Waals surface area contributed by atoms with Gasteiger partial charge in [-0.05, 0) is 74.3 Å². The van der Waals surface area contributed by atoms with Gasteiger partial charge in [0.15, 0.2) is 0 Å². The molecule has 6 heteroatoms. The molecule has 6 rings (SSSR count). The lowest BCUT2D eigenvalue weighted by molar-refractivity contribution is -0.177. The summed E-state index contributed by atoms with van der Waals surface area (Å²) in [5, 5.41) is 11.8. The highest BCUT2D eigenvalue weighted by Gasteiger charge is 2.57. The second kappa shape index (κ2) is 7.30. The molecule has 2 unspecified atom stereocenters. The van der Waals surface area contributed by atoms with Crippen LogP contribution in [0.5, 0.6) is 0 Å². The van der Waals surface area contributed by atoms with Gasteiger partial charge < -0.3 is 14.6 Å². The maximum absolute atomic E-state index is 12.9. The highest BCUT2D eigenvalue weighted by molar-refractivity contribution is 5.98. The molecule has 4 aliphatic carbocycles. The quantitative estimate of drug-likeness (QED) is 0.729. The van der Waals surface area contributed by atoms with Crippen LogP contribution in [0, 0.1) is 24.2 Å². The van der Waals surface area contributed by atoms with E-state index in [1.54, 1.807) is 0 Å². The van der Waals surface area contributed by atoms with Crippen LogP contribution in [-0.4, -0.2) is 34.7 Å². The number of aromatic nitrogens is 1. The van der Waals surface area contributed by atoms with Crippen molar-refractivity contribution in [1.82, 2.24) is 4.98 Å². The van der Waals surface area contributed by atoms with Gasteiger partial charge in [-0.15, -0.1) is 0 Å². The van der Waals surface area contributed by atoms with E-state index in [1.165, 1.54) is 13.5 Å². The number of fused-ring (bicyclic) bond motifs is 1. The Kier molecular flexibility index (Phi) is 4.81. The summed E-state index contributed by atoms with van der Waals surface area (Å²) >= 11 is 0. The molecule has 4 atom stereocenters. The number of carbonyl (C=O) groups is 2. The predicted octanol–water partition coefficient (Wildman–Crippen LogP) is 4.09. The summed E-state index contributed by atoms with van der Waals surface area (Å²) in [7, 11) is 1.34. The zero-order valence-electron chi connectivity index (χ0n) is 18.1. The van der Waals surface area contributed by atoms with E-state index in [9.17, 15) is 14.7 Å². The van der Waals surface area contributed by atoms with E-state index in [0.717, 1.165) is 42.1 Å². The molecule has 31 heavy (non-hydrogen) atoms. The highest BCUT2D eigenvalue weighted by atomic mass is 16.5. The zero-order chi connectivity index (χ0) is 21.8. The fourth-order valence-electron chi connectivity index (χ4n) is 7.03. The van der Waals surface area contributed by atoms with Crippen molar-refractivity contribution in [3.05, 3.63) is 41.1 Å². The fraction of sp³-hybridized carbons (Fsp3) is 0.560. The molecule has 0 aliphatic heterocycles. The number of nitrogens with zero attached hydrogens (tertiary/aromatic N) is 1. The Labute approximate surface area is 181 Å². The number of aliphatic hydroxyl groups is 1. The van der Waals surface area contributed by atoms with Crippen LogP contribution >= 0.6 is 0 Å². The summed E-state index contributed by atoms with van der Waals surface area (Å²) in [4.78, 5) is 29.9. The molecule has 0 amide bonds. The summed E-state index contributed by atoms with van der Waals surface area (Å²) in [5.74, 6) is 0.281. The van der Waals surface area contributed by atoms with E-state index in [2.05, 4.69) is 4.98 Å². The maximum atomic E-state index is 12.9. The molecule has 4 bridgehead atoms. The second-order valence-corrected chi connectivity index (χ2v) is 10.1. The number of benzene rings is 1. The van der Waals surface area contributed by atoms with Crippen molar-refractivity contribution in [3.63, 3.8) is 0 Å².